The summed E-state index contributed by atoms with van der Waals surface area (Å²) in [5.74, 6) is 0.381. The molecule has 1 aliphatic heterocycles. The minimum atomic E-state index is -1.10. The van der Waals surface area contributed by atoms with Crippen molar-refractivity contribution in [2.24, 2.45) is 10.7 Å². The topological polar surface area (TPSA) is 97.0 Å². The Balaban J connectivity index is 1.64. The normalized spacial score (nSPS) is 17.5. The van der Waals surface area contributed by atoms with Crippen LogP contribution in [-0.2, 0) is 16.9 Å². The number of methoxy groups -OCH3 is 1. The molecule has 3 aromatic carbocycles. The molecule has 1 aliphatic rings. The number of hydrogen-bond donors (Lipinski definition) is 2. The first-order chi connectivity index (χ1) is 16.2. The maximum atomic E-state index is 12.8. The Kier molecular flexibility index (Phi) is 6.30. The molecule has 0 bridgehead atoms. The first-order valence-electron chi connectivity index (χ1n) is 10.7. The van der Waals surface area contributed by atoms with Gasteiger partial charge in [0.25, 0.3) is 11.8 Å². The average Bonchev–Trinajstić information content (AvgIpc) is 3.06. The maximum absolute atomic E-state index is 12.8. The highest BCUT2D eigenvalue weighted by molar-refractivity contribution is 6.30. The van der Waals surface area contributed by atoms with E-state index >= 15 is 0 Å². The van der Waals surface area contributed by atoms with Gasteiger partial charge in [-0.2, -0.15) is 0 Å². The molecule has 0 radical (unpaired) electrons. The molecule has 3 N–H and O–H groups in total. The summed E-state index contributed by atoms with van der Waals surface area (Å²) in [4.78, 5) is 31.3. The van der Waals surface area contributed by atoms with Crippen LogP contribution in [0.4, 0.5) is 0 Å². The maximum Gasteiger partial charge on any atom is 0.261 e. The van der Waals surface area contributed by atoms with Crippen LogP contribution < -0.4 is 15.8 Å². The summed E-state index contributed by atoms with van der Waals surface area (Å²) in [7, 11) is 3.17. The van der Waals surface area contributed by atoms with Gasteiger partial charge in [-0.15, -0.1) is 0 Å². The lowest BCUT2D eigenvalue weighted by Crippen LogP contribution is -2.38. The van der Waals surface area contributed by atoms with Crippen LogP contribution in [0.25, 0.3) is 11.1 Å². The van der Waals surface area contributed by atoms with Gasteiger partial charge in [-0.3, -0.25) is 14.5 Å². The van der Waals surface area contributed by atoms with Gasteiger partial charge in [-0.1, -0.05) is 41.9 Å². The zero-order valence-electron chi connectivity index (χ0n) is 19.1. The molecule has 174 valence electrons. The van der Waals surface area contributed by atoms with Gasteiger partial charge in [-0.05, 0) is 65.6 Å². The Hall–Kier alpha value is -3.84. The van der Waals surface area contributed by atoms with Gasteiger partial charge in [0.05, 0.1) is 7.11 Å². The number of benzene rings is 3. The number of carbonyl (C=O) groups is 2. The van der Waals surface area contributed by atoms with Crippen LogP contribution >= 0.6 is 11.6 Å². The molecule has 0 saturated carbocycles. The van der Waals surface area contributed by atoms with Gasteiger partial charge in [-0.25, -0.2) is 4.99 Å². The van der Waals surface area contributed by atoms with Gasteiger partial charge < -0.3 is 15.8 Å². The molecule has 1 atom stereocenters. The minimum Gasteiger partial charge on any atom is -0.497 e. The SMILES string of the molecule is COc1cccc(C(=O)NCc2ccc(Cl)cc2-c2cccc(C3(C)N=C(N)N(C)C3=O)c2)c1. The van der Waals surface area contributed by atoms with Crippen LogP contribution in [0.3, 0.4) is 0 Å². The summed E-state index contributed by atoms with van der Waals surface area (Å²) in [6.45, 7) is 2.04. The Morgan fingerprint density at radius 3 is 2.62 bits per heavy atom. The second-order valence-corrected chi connectivity index (χ2v) is 8.64. The lowest BCUT2D eigenvalue weighted by Gasteiger charge is -2.21. The first kappa shape index (κ1) is 23.3. The summed E-state index contributed by atoms with van der Waals surface area (Å²) in [6.07, 6.45) is 0. The third-order valence-electron chi connectivity index (χ3n) is 5.98. The first-order valence-corrected chi connectivity index (χ1v) is 11.1. The number of nitrogens with one attached hydrogen (secondary N) is 1. The quantitative estimate of drug-likeness (QED) is 0.563. The number of aliphatic imine (C=N–C) groups is 1. The van der Waals surface area contributed by atoms with Gasteiger partial charge >= 0.3 is 0 Å². The van der Waals surface area contributed by atoms with Crippen molar-refractivity contribution in [3.8, 4) is 16.9 Å². The molecule has 3 aromatic rings. The van der Waals surface area contributed by atoms with Crippen LogP contribution in [0.1, 0.15) is 28.4 Å². The highest BCUT2D eigenvalue weighted by atomic mass is 35.5. The molecule has 4 rings (SSSR count). The number of ether oxygens (including phenoxy) is 1. The standard InChI is InChI=1S/C26H25ClN4O3/c1-26(24(33)31(2)25(28)30-26)19-8-4-6-16(12-19)22-14-20(27)11-10-18(22)15-29-23(32)17-7-5-9-21(13-17)34-3/h4-14H,15H2,1-3H3,(H2,28,30)(H,29,32). The van der Waals surface area contributed by atoms with E-state index in [1.54, 1.807) is 51.4 Å². The van der Waals surface area contributed by atoms with Crippen LogP contribution in [0.2, 0.25) is 5.02 Å². The molecule has 1 unspecified atom stereocenters. The molecule has 0 spiro atoms. The van der Waals surface area contributed by atoms with Crippen LogP contribution in [-0.4, -0.2) is 36.8 Å². The van der Waals surface area contributed by atoms with Crippen LogP contribution in [0.5, 0.6) is 5.75 Å². The number of guanidine groups is 1. The van der Waals surface area contributed by atoms with Gasteiger partial charge in [0, 0.05) is 24.2 Å². The van der Waals surface area contributed by atoms with Gasteiger partial charge in [0.15, 0.2) is 11.5 Å². The fraction of sp³-hybridized carbons (Fsp3) is 0.192. The second kappa shape index (κ2) is 9.19. The molecule has 0 fully saturated rings. The molecule has 2 amide bonds. The Morgan fingerprint density at radius 2 is 1.91 bits per heavy atom. The minimum absolute atomic E-state index is 0.182. The molecule has 7 nitrogen and oxygen atoms in total. The van der Waals surface area contributed by atoms with Crippen molar-refractivity contribution in [2.45, 2.75) is 19.0 Å². The van der Waals surface area contributed by atoms with E-state index in [9.17, 15) is 9.59 Å². The van der Waals surface area contributed by atoms with Crippen molar-refractivity contribution in [2.75, 3.05) is 14.2 Å². The highest BCUT2D eigenvalue weighted by Crippen LogP contribution is 2.35. The summed E-state index contributed by atoms with van der Waals surface area (Å²) >= 11 is 6.31. The number of nitrogens with zero attached hydrogens (tertiary/aromatic N) is 2. The molecule has 34 heavy (non-hydrogen) atoms. The number of likely N-dealkylation sites (N-methyl/N-ethyl adjacent to an activating group) is 1. The van der Waals surface area contributed by atoms with Crippen molar-refractivity contribution < 1.29 is 14.3 Å². The molecule has 1 heterocycles. The average molecular weight is 477 g/mol. The molecule has 0 saturated heterocycles. The monoisotopic (exact) mass is 476 g/mol. The number of hydrogen-bond acceptors (Lipinski definition) is 5. The number of rotatable bonds is 6. The third-order valence-corrected chi connectivity index (χ3v) is 6.22. The number of halogens is 1. The number of carbonyl (C=O) groups excluding carboxylic acids is 2. The second-order valence-electron chi connectivity index (χ2n) is 8.20. The highest BCUT2D eigenvalue weighted by Gasteiger charge is 2.43. The fourth-order valence-electron chi connectivity index (χ4n) is 3.97. The molecular weight excluding hydrogens is 452 g/mol. The van der Waals surface area contributed by atoms with E-state index in [-0.39, 0.29) is 24.3 Å². The predicted molar refractivity (Wildman–Crippen MR) is 133 cm³/mol. The fourth-order valence-corrected chi connectivity index (χ4v) is 4.15. The lowest BCUT2D eigenvalue weighted by atomic mass is 9.89. The summed E-state index contributed by atoms with van der Waals surface area (Å²) < 4.78 is 5.20. The largest absolute Gasteiger partial charge is 0.497 e. The van der Waals surface area contributed by atoms with Crippen molar-refractivity contribution in [3.05, 3.63) is 88.4 Å². The van der Waals surface area contributed by atoms with Gasteiger partial charge in [0.2, 0.25) is 0 Å². The van der Waals surface area contributed by atoms with E-state index in [0.717, 1.165) is 16.7 Å². The molecule has 8 heteroatoms. The molecule has 0 aromatic heterocycles. The van der Waals surface area contributed by atoms with Crippen LogP contribution in [0.15, 0.2) is 71.7 Å². The van der Waals surface area contributed by atoms with Crippen LogP contribution in [0, 0.1) is 0 Å². The van der Waals surface area contributed by atoms with Crippen molar-refractivity contribution >= 4 is 29.4 Å². The summed E-state index contributed by atoms with van der Waals surface area (Å²) in [5.41, 5.74) is 8.59. The smallest absolute Gasteiger partial charge is 0.261 e. The lowest BCUT2D eigenvalue weighted by molar-refractivity contribution is -0.130. The Labute approximate surface area is 203 Å². The number of nitrogens with two attached hydrogens (primary N) is 1. The molecular formula is C26H25ClN4O3. The third kappa shape index (κ3) is 4.34. The Bertz CT molecular complexity index is 1310. The van der Waals surface area contributed by atoms with E-state index in [1.165, 1.54) is 4.90 Å². The summed E-state index contributed by atoms with van der Waals surface area (Å²) in [5, 5.41) is 3.52. The summed E-state index contributed by atoms with van der Waals surface area (Å²) in [6, 6.07) is 20.0. The predicted octanol–water partition coefficient (Wildman–Crippen LogP) is 3.95. The number of amides is 2. The molecule has 0 aliphatic carbocycles. The van der Waals surface area contributed by atoms with E-state index in [4.69, 9.17) is 22.1 Å². The zero-order valence-corrected chi connectivity index (χ0v) is 19.9. The van der Waals surface area contributed by atoms with Gasteiger partial charge in [0.1, 0.15) is 5.75 Å². The van der Waals surface area contributed by atoms with Crippen molar-refractivity contribution in [1.82, 2.24) is 10.2 Å². The zero-order chi connectivity index (χ0) is 24.5. The van der Waals surface area contributed by atoms with E-state index in [2.05, 4.69) is 10.3 Å². The van der Waals surface area contributed by atoms with E-state index in [1.807, 2.05) is 36.4 Å². The Morgan fingerprint density at radius 1 is 1.15 bits per heavy atom. The van der Waals surface area contributed by atoms with Crippen molar-refractivity contribution in [1.29, 1.82) is 0 Å². The van der Waals surface area contributed by atoms with E-state index in [0.29, 0.717) is 21.9 Å². The van der Waals surface area contributed by atoms with Crippen molar-refractivity contribution in [3.63, 3.8) is 0 Å². The van der Waals surface area contributed by atoms with E-state index < -0.39 is 5.54 Å².